The Hall–Kier alpha value is -1.51. The molecule has 0 bridgehead atoms. The second kappa shape index (κ2) is 2.87. The summed E-state index contributed by atoms with van der Waals surface area (Å²) in [7, 11) is 0. The van der Waals surface area contributed by atoms with Crippen molar-refractivity contribution < 1.29 is 14.3 Å². The van der Waals surface area contributed by atoms with Crippen LogP contribution in [-0.2, 0) is 4.79 Å². The molecule has 1 heterocycles. The Morgan fingerprint density at radius 1 is 1.70 bits per heavy atom. The zero-order chi connectivity index (χ0) is 7.40. The lowest BCUT2D eigenvalue weighted by molar-refractivity contribution is -0.131. The molecule has 0 aliphatic heterocycles. The molecule has 1 aromatic heterocycles. The molecule has 0 saturated heterocycles. The third-order valence-electron chi connectivity index (χ3n) is 0.962. The zero-order valence-corrected chi connectivity index (χ0v) is 5.15. The van der Waals surface area contributed by atoms with E-state index in [0.29, 0.717) is 0 Å². The zero-order valence-electron chi connectivity index (χ0n) is 5.15. The fraction of sp³-hybridized carbons (Fsp3) is 0. The second-order valence-corrected chi connectivity index (χ2v) is 1.73. The van der Waals surface area contributed by atoms with E-state index in [0.717, 1.165) is 11.6 Å². The Morgan fingerprint density at radius 3 is 3.00 bits per heavy atom. The minimum atomic E-state index is -0.957. The molecule has 1 rings (SSSR count). The number of carboxylic acids is 1. The lowest BCUT2D eigenvalue weighted by Gasteiger charge is -1.77. The first-order valence-corrected chi connectivity index (χ1v) is 2.72. The number of hydrogen-bond donors (Lipinski definition) is 1. The lowest BCUT2D eigenvalue weighted by Crippen LogP contribution is -1.84. The predicted octanol–water partition coefficient (Wildman–Crippen LogP) is 1.38. The molecule has 0 amide bonds. The van der Waals surface area contributed by atoms with E-state index in [1.807, 2.05) is 0 Å². The van der Waals surface area contributed by atoms with Crippen molar-refractivity contribution >= 4 is 12.0 Å². The highest BCUT2D eigenvalue weighted by molar-refractivity contribution is 5.85. The molecular weight excluding hydrogens is 132 g/mol. The van der Waals surface area contributed by atoms with Crippen LogP contribution in [0.4, 0.5) is 0 Å². The van der Waals surface area contributed by atoms with Gasteiger partial charge in [0, 0.05) is 11.6 Å². The highest BCUT2D eigenvalue weighted by Gasteiger charge is 1.88. The SMILES string of the molecule is O=C(O)/C=C/c1ccoc1. The smallest absolute Gasteiger partial charge is 0.328 e. The van der Waals surface area contributed by atoms with E-state index in [-0.39, 0.29) is 0 Å². The number of rotatable bonds is 2. The maximum absolute atomic E-state index is 9.98. The molecule has 1 aromatic rings. The first-order chi connectivity index (χ1) is 4.79. The average Bonchev–Trinajstić information content (AvgIpc) is 2.34. The largest absolute Gasteiger partial charge is 0.478 e. The first-order valence-electron chi connectivity index (χ1n) is 2.72. The number of hydrogen-bond acceptors (Lipinski definition) is 2. The van der Waals surface area contributed by atoms with Gasteiger partial charge in [0.2, 0.25) is 0 Å². The summed E-state index contributed by atoms with van der Waals surface area (Å²) in [6.07, 6.45) is 5.48. The van der Waals surface area contributed by atoms with Gasteiger partial charge in [0.05, 0.1) is 12.5 Å². The van der Waals surface area contributed by atoms with Gasteiger partial charge in [0.1, 0.15) is 0 Å². The maximum atomic E-state index is 9.98. The van der Waals surface area contributed by atoms with E-state index in [1.54, 1.807) is 6.07 Å². The minimum absolute atomic E-state index is 0.752. The Labute approximate surface area is 57.6 Å². The van der Waals surface area contributed by atoms with Gasteiger partial charge in [-0.25, -0.2) is 4.79 Å². The molecule has 0 saturated carbocycles. The van der Waals surface area contributed by atoms with Crippen molar-refractivity contribution in [2.75, 3.05) is 0 Å². The van der Waals surface area contributed by atoms with Crippen LogP contribution in [0.3, 0.4) is 0 Å². The Bertz CT molecular complexity index is 233. The molecule has 0 aliphatic rings. The van der Waals surface area contributed by atoms with Gasteiger partial charge in [-0.15, -0.1) is 0 Å². The van der Waals surface area contributed by atoms with Crippen molar-refractivity contribution in [3.63, 3.8) is 0 Å². The minimum Gasteiger partial charge on any atom is -0.478 e. The van der Waals surface area contributed by atoms with Crippen LogP contribution in [0.25, 0.3) is 6.08 Å². The molecule has 0 aliphatic carbocycles. The summed E-state index contributed by atoms with van der Waals surface area (Å²) in [5, 5.41) is 8.19. The quantitative estimate of drug-likeness (QED) is 0.628. The molecule has 0 unspecified atom stereocenters. The highest BCUT2D eigenvalue weighted by Crippen LogP contribution is 2.01. The highest BCUT2D eigenvalue weighted by atomic mass is 16.4. The standard InChI is InChI=1S/C7H6O3/c8-7(9)2-1-6-3-4-10-5-6/h1-5H,(H,8,9)/b2-1+. The maximum Gasteiger partial charge on any atom is 0.328 e. The summed E-state index contributed by atoms with van der Waals surface area (Å²) >= 11 is 0. The summed E-state index contributed by atoms with van der Waals surface area (Å²) in [4.78, 5) is 9.98. The average molecular weight is 138 g/mol. The first kappa shape index (κ1) is 6.61. The molecule has 3 heteroatoms. The monoisotopic (exact) mass is 138 g/mol. The van der Waals surface area contributed by atoms with Crippen molar-refractivity contribution in [3.05, 3.63) is 30.2 Å². The van der Waals surface area contributed by atoms with Gasteiger partial charge < -0.3 is 9.52 Å². The van der Waals surface area contributed by atoms with Crippen LogP contribution in [0.5, 0.6) is 0 Å². The van der Waals surface area contributed by atoms with E-state index in [4.69, 9.17) is 9.52 Å². The van der Waals surface area contributed by atoms with E-state index >= 15 is 0 Å². The number of furan rings is 1. The second-order valence-electron chi connectivity index (χ2n) is 1.73. The number of carboxylic acid groups (broad SMARTS) is 1. The molecule has 0 atom stereocenters. The van der Waals surface area contributed by atoms with Gasteiger partial charge in [-0.05, 0) is 12.1 Å². The van der Waals surface area contributed by atoms with Gasteiger partial charge >= 0.3 is 5.97 Å². The van der Waals surface area contributed by atoms with Crippen LogP contribution in [0.15, 0.2) is 29.1 Å². The Balaban J connectivity index is 2.64. The van der Waals surface area contributed by atoms with Gasteiger partial charge in [0.25, 0.3) is 0 Å². The summed E-state index contributed by atoms with van der Waals surface area (Å²) in [5.41, 5.74) is 0.752. The third kappa shape index (κ3) is 1.78. The van der Waals surface area contributed by atoms with Crippen LogP contribution in [-0.4, -0.2) is 11.1 Å². The molecule has 0 spiro atoms. The van der Waals surface area contributed by atoms with Crippen LogP contribution in [0.2, 0.25) is 0 Å². The Kier molecular flexibility index (Phi) is 1.89. The van der Waals surface area contributed by atoms with Gasteiger partial charge in [-0.3, -0.25) is 0 Å². The normalized spacial score (nSPS) is 10.4. The van der Waals surface area contributed by atoms with Crippen molar-refractivity contribution in [2.24, 2.45) is 0 Å². The fourth-order valence-corrected chi connectivity index (χ4v) is 0.537. The molecule has 1 N–H and O–H groups in total. The van der Waals surface area contributed by atoms with Crippen molar-refractivity contribution in [3.8, 4) is 0 Å². The van der Waals surface area contributed by atoms with Crippen LogP contribution in [0.1, 0.15) is 5.56 Å². The number of carbonyl (C=O) groups is 1. The summed E-state index contributed by atoms with van der Waals surface area (Å²) in [6.45, 7) is 0. The number of aliphatic carboxylic acids is 1. The molecule has 10 heavy (non-hydrogen) atoms. The molecule has 52 valence electrons. The van der Waals surface area contributed by atoms with E-state index in [1.165, 1.54) is 18.6 Å². The molecular formula is C7H6O3. The van der Waals surface area contributed by atoms with E-state index in [9.17, 15) is 4.79 Å². The summed E-state index contributed by atoms with van der Waals surface area (Å²) in [5.74, 6) is -0.957. The van der Waals surface area contributed by atoms with E-state index in [2.05, 4.69) is 0 Å². The van der Waals surface area contributed by atoms with Crippen LogP contribution in [0, 0.1) is 0 Å². The third-order valence-corrected chi connectivity index (χ3v) is 0.962. The van der Waals surface area contributed by atoms with Crippen molar-refractivity contribution in [1.29, 1.82) is 0 Å². The predicted molar refractivity (Wildman–Crippen MR) is 35.4 cm³/mol. The lowest BCUT2D eigenvalue weighted by atomic mass is 10.3. The van der Waals surface area contributed by atoms with Gasteiger partial charge in [0.15, 0.2) is 0 Å². The fourth-order valence-electron chi connectivity index (χ4n) is 0.537. The Morgan fingerprint density at radius 2 is 2.50 bits per heavy atom. The summed E-state index contributed by atoms with van der Waals surface area (Å²) < 4.78 is 4.70. The van der Waals surface area contributed by atoms with Gasteiger partial charge in [-0.2, -0.15) is 0 Å². The topological polar surface area (TPSA) is 50.4 Å². The van der Waals surface area contributed by atoms with E-state index < -0.39 is 5.97 Å². The molecule has 0 aromatic carbocycles. The molecule has 3 nitrogen and oxygen atoms in total. The van der Waals surface area contributed by atoms with Crippen molar-refractivity contribution in [1.82, 2.24) is 0 Å². The summed E-state index contributed by atoms with van der Waals surface area (Å²) in [6, 6.07) is 1.68. The van der Waals surface area contributed by atoms with Gasteiger partial charge in [-0.1, -0.05) is 0 Å². The van der Waals surface area contributed by atoms with Crippen LogP contribution < -0.4 is 0 Å². The molecule has 0 fully saturated rings. The van der Waals surface area contributed by atoms with Crippen LogP contribution >= 0.6 is 0 Å². The van der Waals surface area contributed by atoms with Crippen molar-refractivity contribution in [2.45, 2.75) is 0 Å². The molecule has 0 radical (unpaired) electrons.